The van der Waals surface area contributed by atoms with Gasteiger partial charge in [0, 0.05) is 26.2 Å². The molecule has 0 radical (unpaired) electrons. The van der Waals surface area contributed by atoms with Crippen LogP contribution < -0.4 is 4.90 Å². The zero-order valence-electron chi connectivity index (χ0n) is 12.9. The zero-order valence-corrected chi connectivity index (χ0v) is 14.5. The number of carbonyl (C=O) groups is 1. The van der Waals surface area contributed by atoms with Crippen molar-refractivity contribution in [2.24, 2.45) is 0 Å². The molecule has 10 heteroatoms. The van der Waals surface area contributed by atoms with Crippen molar-refractivity contribution in [1.82, 2.24) is 14.5 Å². The van der Waals surface area contributed by atoms with E-state index in [1.807, 2.05) is 11.8 Å². The molecule has 0 amide bonds. The van der Waals surface area contributed by atoms with Crippen molar-refractivity contribution >= 4 is 32.5 Å². The fourth-order valence-corrected chi connectivity index (χ4v) is 4.61. The lowest BCUT2D eigenvalue weighted by Gasteiger charge is -2.33. The second-order valence-electron chi connectivity index (χ2n) is 5.32. The van der Waals surface area contributed by atoms with E-state index in [0.717, 1.165) is 10.1 Å². The maximum atomic E-state index is 12.7. The Labute approximate surface area is 143 Å². The van der Waals surface area contributed by atoms with Crippen LogP contribution in [0.2, 0.25) is 0 Å². The number of anilines is 1. The normalized spacial score (nSPS) is 16.3. The average Bonchev–Trinajstić information content (AvgIpc) is 3.01. The maximum Gasteiger partial charge on any atom is 0.335 e. The number of rotatable bonds is 4. The molecule has 0 bridgehead atoms. The first-order valence-corrected chi connectivity index (χ1v) is 9.52. The zero-order chi connectivity index (χ0) is 17.3. The third-order valence-corrected chi connectivity index (χ3v) is 6.58. The number of carboxylic acids is 1. The molecule has 3 rings (SSSR count). The van der Waals surface area contributed by atoms with Crippen LogP contribution in [0.4, 0.5) is 5.13 Å². The number of aromatic nitrogens is 2. The highest BCUT2D eigenvalue weighted by molar-refractivity contribution is 7.89. The summed E-state index contributed by atoms with van der Waals surface area (Å²) in [5.41, 5.74) is 0.0606. The van der Waals surface area contributed by atoms with Gasteiger partial charge in [-0.2, -0.15) is 4.31 Å². The van der Waals surface area contributed by atoms with Crippen LogP contribution in [0.3, 0.4) is 0 Å². The summed E-state index contributed by atoms with van der Waals surface area (Å²) in [6.07, 6.45) is 0. The van der Waals surface area contributed by atoms with E-state index in [1.165, 1.54) is 39.9 Å². The summed E-state index contributed by atoms with van der Waals surface area (Å²) in [4.78, 5) is 13.0. The minimum absolute atomic E-state index is 0.0606. The van der Waals surface area contributed by atoms with Crippen LogP contribution in [0.5, 0.6) is 0 Å². The van der Waals surface area contributed by atoms with Crippen LogP contribution in [-0.4, -0.2) is 60.2 Å². The van der Waals surface area contributed by atoms with E-state index in [0.29, 0.717) is 26.2 Å². The molecule has 1 saturated heterocycles. The Kier molecular flexibility index (Phi) is 4.52. The lowest BCUT2D eigenvalue weighted by atomic mass is 10.2. The van der Waals surface area contributed by atoms with Crippen LogP contribution in [0.15, 0.2) is 29.2 Å². The first-order chi connectivity index (χ1) is 11.4. The molecule has 128 valence electrons. The van der Waals surface area contributed by atoms with E-state index in [1.54, 1.807) is 0 Å². The van der Waals surface area contributed by atoms with Crippen molar-refractivity contribution in [3.8, 4) is 0 Å². The molecule has 0 saturated carbocycles. The number of sulfonamides is 1. The molecule has 1 N–H and O–H groups in total. The van der Waals surface area contributed by atoms with Crippen molar-refractivity contribution in [3.63, 3.8) is 0 Å². The number of aryl methyl sites for hydroxylation is 1. The summed E-state index contributed by atoms with van der Waals surface area (Å²) in [6.45, 7) is 3.66. The number of nitrogens with zero attached hydrogens (tertiary/aromatic N) is 4. The lowest BCUT2D eigenvalue weighted by molar-refractivity contribution is 0.0696. The largest absolute Gasteiger partial charge is 0.478 e. The number of benzene rings is 1. The third kappa shape index (κ3) is 3.25. The fourth-order valence-electron chi connectivity index (χ4n) is 2.45. The SMILES string of the molecule is Cc1nnc(N2CCN(S(=O)(=O)c3ccc(C(=O)O)cc3)CC2)s1. The number of hydrogen-bond acceptors (Lipinski definition) is 7. The lowest BCUT2D eigenvalue weighted by Crippen LogP contribution is -2.48. The van der Waals surface area contributed by atoms with Gasteiger partial charge >= 0.3 is 5.97 Å². The Morgan fingerprint density at radius 1 is 1.12 bits per heavy atom. The molecule has 1 aromatic heterocycles. The monoisotopic (exact) mass is 368 g/mol. The molecule has 1 aliphatic rings. The Bertz CT molecular complexity index is 840. The van der Waals surface area contributed by atoms with Crippen molar-refractivity contribution in [3.05, 3.63) is 34.8 Å². The van der Waals surface area contributed by atoms with E-state index >= 15 is 0 Å². The van der Waals surface area contributed by atoms with E-state index in [2.05, 4.69) is 10.2 Å². The molecule has 24 heavy (non-hydrogen) atoms. The van der Waals surface area contributed by atoms with Gasteiger partial charge in [0.25, 0.3) is 0 Å². The predicted octanol–water partition coefficient (Wildman–Crippen LogP) is 1.06. The average molecular weight is 368 g/mol. The van der Waals surface area contributed by atoms with Gasteiger partial charge in [0.2, 0.25) is 15.2 Å². The van der Waals surface area contributed by atoms with Crippen LogP contribution in [0.25, 0.3) is 0 Å². The summed E-state index contributed by atoms with van der Waals surface area (Å²) < 4.78 is 26.7. The Morgan fingerprint density at radius 2 is 1.75 bits per heavy atom. The first kappa shape index (κ1) is 16.8. The van der Waals surface area contributed by atoms with Crippen LogP contribution >= 0.6 is 11.3 Å². The van der Waals surface area contributed by atoms with Gasteiger partial charge in [-0.1, -0.05) is 11.3 Å². The molecule has 2 heterocycles. The van der Waals surface area contributed by atoms with Gasteiger partial charge in [0.15, 0.2) is 0 Å². The summed E-state index contributed by atoms with van der Waals surface area (Å²) >= 11 is 1.48. The van der Waals surface area contributed by atoms with Crippen molar-refractivity contribution in [2.45, 2.75) is 11.8 Å². The van der Waals surface area contributed by atoms with E-state index < -0.39 is 16.0 Å². The highest BCUT2D eigenvalue weighted by atomic mass is 32.2. The van der Waals surface area contributed by atoms with Gasteiger partial charge in [-0.05, 0) is 31.2 Å². The molecular formula is C14H16N4O4S2. The molecule has 0 unspecified atom stereocenters. The van der Waals surface area contributed by atoms with Gasteiger partial charge in [-0.25, -0.2) is 13.2 Å². The summed E-state index contributed by atoms with van der Waals surface area (Å²) in [5, 5.41) is 18.6. The molecule has 1 fully saturated rings. The molecule has 1 aromatic carbocycles. The van der Waals surface area contributed by atoms with Gasteiger partial charge in [0.05, 0.1) is 10.5 Å². The van der Waals surface area contributed by atoms with Crippen LogP contribution in [0.1, 0.15) is 15.4 Å². The van der Waals surface area contributed by atoms with Gasteiger partial charge in [-0.3, -0.25) is 0 Å². The van der Waals surface area contributed by atoms with Crippen LogP contribution in [-0.2, 0) is 10.0 Å². The van der Waals surface area contributed by atoms with Crippen molar-refractivity contribution < 1.29 is 18.3 Å². The highest BCUT2D eigenvalue weighted by Gasteiger charge is 2.29. The number of carboxylic acid groups (broad SMARTS) is 1. The number of piperazine rings is 1. The quantitative estimate of drug-likeness (QED) is 0.860. The van der Waals surface area contributed by atoms with Crippen molar-refractivity contribution in [2.75, 3.05) is 31.1 Å². The van der Waals surface area contributed by atoms with Crippen molar-refractivity contribution in [1.29, 1.82) is 0 Å². The predicted molar refractivity (Wildman–Crippen MR) is 89.0 cm³/mol. The van der Waals surface area contributed by atoms with E-state index in [-0.39, 0.29) is 10.5 Å². The Balaban J connectivity index is 1.71. The van der Waals surface area contributed by atoms with Gasteiger partial charge in [0.1, 0.15) is 5.01 Å². The molecule has 2 aromatic rings. The van der Waals surface area contributed by atoms with E-state index in [4.69, 9.17) is 5.11 Å². The maximum absolute atomic E-state index is 12.7. The second-order valence-corrected chi connectivity index (χ2v) is 8.42. The molecule has 8 nitrogen and oxygen atoms in total. The number of aromatic carboxylic acids is 1. The Hall–Kier alpha value is -2.04. The Morgan fingerprint density at radius 3 is 2.25 bits per heavy atom. The third-order valence-electron chi connectivity index (χ3n) is 3.76. The summed E-state index contributed by atoms with van der Waals surface area (Å²) in [6, 6.07) is 5.27. The molecule has 0 aliphatic carbocycles. The molecule has 0 atom stereocenters. The summed E-state index contributed by atoms with van der Waals surface area (Å²) in [5.74, 6) is -1.08. The first-order valence-electron chi connectivity index (χ1n) is 7.26. The van der Waals surface area contributed by atoms with Crippen LogP contribution in [0, 0.1) is 6.92 Å². The van der Waals surface area contributed by atoms with Gasteiger partial charge < -0.3 is 10.0 Å². The summed E-state index contributed by atoms with van der Waals surface area (Å²) in [7, 11) is -3.62. The fraction of sp³-hybridized carbons (Fsp3) is 0.357. The number of hydrogen-bond donors (Lipinski definition) is 1. The second kappa shape index (κ2) is 6.46. The molecule has 1 aliphatic heterocycles. The topological polar surface area (TPSA) is 104 Å². The van der Waals surface area contributed by atoms with Gasteiger partial charge in [-0.15, -0.1) is 10.2 Å². The van der Waals surface area contributed by atoms with E-state index in [9.17, 15) is 13.2 Å². The molecular weight excluding hydrogens is 352 g/mol. The highest BCUT2D eigenvalue weighted by Crippen LogP contribution is 2.23. The smallest absolute Gasteiger partial charge is 0.335 e. The minimum Gasteiger partial charge on any atom is -0.478 e. The minimum atomic E-state index is -3.62. The standard InChI is InChI=1S/C14H16N4O4S2/c1-10-15-16-14(23-10)17-6-8-18(9-7-17)24(21,22)12-4-2-11(3-5-12)13(19)20/h2-5H,6-9H2,1H3,(H,19,20). The molecule has 0 spiro atoms.